The molecular formula is C48H98N2O6P+. The maximum atomic E-state index is 12.9. The first-order valence-electron chi connectivity index (χ1n) is 24.5. The van der Waals surface area contributed by atoms with Crippen LogP contribution in [-0.4, -0.2) is 73.4 Å². The van der Waals surface area contributed by atoms with Gasteiger partial charge >= 0.3 is 7.82 Å². The third kappa shape index (κ3) is 41.8. The smallest absolute Gasteiger partial charge is 0.387 e. The molecule has 9 heteroatoms. The van der Waals surface area contributed by atoms with Crippen molar-refractivity contribution in [3.8, 4) is 0 Å². The van der Waals surface area contributed by atoms with Gasteiger partial charge in [0.05, 0.1) is 39.9 Å². The summed E-state index contributed by atoms with van der Waals surface area (Å²) in [5.74, 6) is 0.653. The number of rotatable bonds is 44. The number of phosphoric acid groups is 1. The highest BCUT2D eigenvalue weighted by Gasteiger charge is 2.27. The molecule has 0 bridgehead atoms. The highest BCUT2D eigenvalue weighted by atomic mass is 31.2. The lowest BCUT2D eigenvalue weighted by Gasteiger charge is -2.25. The highest BCUT2D eigenvalue weighted by molar-refractivity contribution is 7.47. The van der Waals surface area contributed by atoms with Gasteiger partial charge in [-0.15, -0.1) is 0 Å². The minimum atomic E-state index is -4.33. The van der Waals surface area contributed by atoms with E-state index in [0.717, 1.165) is 44.4 Å². The molecule has 0 aromatic carbocycles. The molecular weight excluding hydrogens is 732 g/mol. The standard InChI is InChI=1S/C48H97N2O6P/c1-7-9-10-11-12-13-14-15-16-17-18-19-20-21-22-23-24-25-26-27-32-35-38-41-48(52)49-46(44-56-57(53,54)55-43-42-50(4,5)6)47(51)40-37-34-31-29-28-30-33-36-39-45(3)8-2/h37,40,45-47,51H,7-36,38-39,41-44H2,1-6H3,(H-,49,52,53,54)/p+1/b40-37+/t45?,46-,47+/m0/s1. The number of carbonyl (C=O) groups excluding carboxylic acids is 1. The first-order chi connectivity index (χ1) is 27.4. The van der Waals surface area contributed by atoms with Crippen molar-refractivity contribution in [2.45, 2.75) is 245 Å². The van der Waals surface area contributed by atoms with Crippen LogP contribution in [0.15, 0.2) is 12.2 Å². The van der Waals surface area contributed by atoms with Crippen LogP contribution in [0.2, 0.25) is 0 Å². The number of allylic oxidation sites excluding steroid dienone is 1. The van der Waals surface area contributed by atoms with Crippen LogP contribution in [0.1, 0.15) is 233 Å². The molecule has 0 aromatic rings. The lowest BCUT2D eigenvalue weighted by Crippen LogP contribution is -2.45. The first-order valence-corrected chi connectivity index (χ1v) is 26.0. The van der Waals surface area contributed by atoms with E-state index in [2.05, 4.69) is 26.1 Å². The molecule has 0 spiro atoms. The number of nitrogens with zero attached hydrogens (tertiary/aromatic N) is 1. The van der Waals surface area contributed by atoms with Crippen LogP contribution in [0.3, 0.4) is 0 Å². The normalized spacial score (nSPS) is 14.9. The number of nitrogens with one attached hydrogen (secondary N) is 1. The third-order valence-electron chi connectivity index (χ3n) is 11.5. The second kappa shape index (κ2) is 39.4. The zero-order valence-corrected chi connectivity index (χ0v) is 39.7. The molecule has 57 heavy (non-hydrogen) atoms. The van der Waals surface area contributed by atoms with Crippen LogP contribution < -0.4 is 5.32 Å². The Labute approximate surface area is 354 Å². The molecule has 340 valence electrons. The number of carbonyl (C=O) groups is 1. The van der Waals surface area contributed by atoms with E-state index in [4.69, 9.17) is 9.05 Å². The van der Waals surface area contributed by atoms with E-state index in [-0.39, 0.29) is 19.1 Å². The number of aliphatic hydroxyl groups is 1. The van der Waals surface area contributed by atoms with Gasteiger partial charge in [-0.05, 0) is 25.2 Å². The summed E-state index contributed by atoms with van der Waals surface area (Å²) in [6.07, 6.45) is 44.4. The van der Waals surface area contributed by atoms with E-state index >= 15 is 0 Å². The molecule has 0 saturated carbocycles. The number of quaternary nitrogens is 1. The molecule has 0 heterocycles. The summed E-state index contributed by atoms with van der Waals surface area (Å²) in [4.78, 5) is 23.1. The number of hydrogen-bond acceptors (Lipinski definition) is 5. The largest absolute Gasteiger partial charge is 0.472 e. The van der Waals surface area contributed by atoms with Gasteiger partial charge in [-0.2, -0.15) is 0 Å². The second-order valence-corrected chi connectivity index (χ2v) is 19.9. The Morgan fingerprint density at radius 3 is 1.51 bits per heavy atom. The molecule has 0 aliphatic carbocycles. The molecule has 3 N–H and O–H groups in total. The average molecular weight is 830 g/mol. The number of likely N-dealkylation sites (N-methyl/N-ethyl adjacent to an activating group) is 1. The fourth-order valence-corrected chi connectivity index (χ4v) is 7.99. The maximum Gasteiger partial charge on any atom is 0.472 e. The van der Waals surface area contributed by atoms with Gasteiger partial charge in [-0.3, -0.25) is 13.8 Å². The van der Waals surface area contributed by atoms with E-state index in [1.165, 1.54) is 167 Å². The van der Waals surface area contributed by atoms with Crippen molar-refractivity contribution in [3.05, 3.63) is 12.2 Å². The van der Waals surface area contributed by atoms with Crippen molar-refractivity contribution >= 4 is 13.7 Å². The molecule has 4 atom stereocenters. The van der Waals surface area contributed by atoms with Gasteiger partial charge in [0.25, 0.3) is 0 Å². The molecule has 8 nitrogen and oxygen atoms in total. The molecule has 0 aromatic heterocycles. The Balaban J connectivity index is 4.21. The van der Waals surface area contributed by atoms with Gasteiger partial charge in [0, 0.05) is 6.42 Å². The molecule has 0 radical (unpaired) electrons. The zero-order valence-electron chi connectivity index (χ0n) is 38.8. The second-order valence-electron chi connectivity index (χ2n) is 18.4. The van der Waals surface area contributed by atoms with Crippen molar-refractivity contribution in [1.29, 1.82) is 0 Å². The summed E-state index contributed by atoms with van der Waals surface area (Å²) in [5.41, 5.74) is 0. The molecule has 0 rings (SSSR count). The Morgan fingerprint density at radius 2 is 1.07 bits per heavy atom. The van der Waals surface area contributed by atoms with E-state index in [9.17, 15) is 19.4 Å². The maximum absolute atomic E-state index is 12.9. The average Bonchev–Trinajstić information content (AvgIpc) is 3.16. The predicted molar refractivity (Wildman–Crippen MR) is 245 cm³/mol. The zero-order chi connectivity index (χ0) is 42.3. The third-order valence-corrected chi connectivity index (χ3v) is 12.5. The Bertz CT molecular complexity index is 958. The number of amides is 1. The van der Waals surface area contributed by atoms with E-state index in [1.807, 2.05) is 27.2 Å². The minimum Gasteiger partial charge on any atom is -0.387 e. The number of aliphatic hydroxyl groups excluding tert-OH is 1. The van der Waals surface area contributed by atoms with E-state index in [1.54, 1.807) is 6.08 Å². The Morgan fingerprint density at radius 1 is 0.649 bits per heavy atom. The molecule has 1 amide bonds. The van der Waals surface area contributed by atoms with Crippen LogP contribution in [0.5, 0.6) is 0 Å². The Hall–Kier alpha value is -0.760. The van der Waals surface area contributed by atoms with Crippen LogP contribution >= 0.6 is 7.82 Å². The van der Waals surface area contributed by atoms with Gasteiger partial charge in [0.1, 0.15) is 13.2 Å². The Kier molecular flexibility index (Phi) is 38.9. The molecule has 0 aliphatic rings. The highest BCUT2D eigenvalue weighted by Crippen LogP contribution is 2.43. The van der Waals surface area contributed by atoms with Crippen molar-refractivity contribution in [2.24, 2.45) is 5.92 Å². The van der Waals surface area contributed by atoms with Gasteiger partial charge in [-0.1, -0.05) is 219 Å². The summed E-state index contributed by atoms with van der Waals surface area (Å²) in [5, 5.41) is 13.8. The van der Waals surface area contributed by atoms with Crippen LogP contribution in [0.4, 0.5) is 0 Å². The van der Waals surface area contributed by atoms with Gasteiger partial charge in [-0.25, -0.2) is 4.57 Å². The van der Waals surface area contributed by atoms with Crippen molar-refractivity contribution in [3.63, 3.8) is 0 Å². The fourth-order valence-electron chi connectivity index (χ4n) is 7.25. The first kappa shape index (κ1) is 56.2. The topological polar surface area (TPSA) is 105 Å². The summed E-state index contributed by atoms with van der Waals surface area (Å²) >= 11 is 0. The molecule has 0 saturated heterocycles. The van der Waals surface area contributed by atoms with Crippen molar-refractivity contribution in [1.82, 2.24) is 5.32 Å². The molecule has 2 unspecified atom stereocenters. The SMILES string of the molecule is CCCCCCCCCCCCCCCCCCCCCCCCCC(=O)N[C@@H](COP(=O)(O)OCC[N+](C)(C)C)[C@H](O)/C=C/CCCCCCCCC(C)CC. The van der Waals surface area contributed by atoms with Crippen molar-refractivity contribution in [2.75, 3.05) is 40.9 Å². The summed E-state index contributed by atoms with van der Waals surface area (Å²) in [6, 6.07) is -0.841. The van der Waals surface area contributed by atoms with E-state index < -0.39 is 20.0 Å². The lowest BCUT2D eigenvalue weighted by atomic mass is 10.00. The van der Waals surface area contributed by atoms with Crippen molar-refractivity contribution < 1.29 is 32.9 Å². The lowest BCUT2D eigenvalue weighted by molar-refractivity contribution is -0.870. The molecule has 0 fully saturated rings. The minimum absolute atomic E-state index is 0.0637. The number of unbranched alkanes of at least 4 members (excludes halogenated alkanes) is 28. The van der Waals surface area contributed by atoms with Crippen LogP contribution in [0.25, 0.3) is 0 Å². The van der Waals surface area contributed by atoms with Gasteiger partial charge in [0.15, 0.2) is 0 Å². The monoisotopic (exact) mass is 830 g/mol. The summed E-state index contributed by atoms with van der Waals surface area (Å²) in [7, 11) is 1.58. The van der Waals surface area contributed by atoms with Crippen LogP contribution in [-0.2, 0) is 18.4 Å². The quantitative estimate of drug-likeness (QED) is 0.0244. The van der Waals surface area contributed by atoms with Gasteiger partial charge < -0.3 is 19.8 Å². The predicted octanol–water partition coefficient (Wildman–Crippen LogP) is 13.8. The summed E-state index contributed by atoms with van der Waals surface area (Å²) in [6.45, 7) is 7.17. The fraction of sp³-hybridized carbons (Fsp3) is 0.938. The molecule has 0 aliphatic heterocycles. The number of phosphoric ester groups is 1. The summed E-state index contributed by atoms with van der Waals surface area (Å²) < 4.78 is 23.6. The van der Waals surface area contributed by atoms with E-state index in [0.29, 0.717) is 17.4 Å². The van der Waals surface area contributed by atoms with Gasteiger partial charge in [0.2, 0.25) is 5.91 Å². The number of hydrogen-bond donors (Lipinski definition) is 3. The van der Waals surface area contributed by atoms with Crippen LogP contribution in [0, 0.1) is 5.92 Å².